The van der Waals surface area contributed by atoms with Gasteiger partial charge < -0.3 is 20.3 Å². The molecule has 5 rings (SSSR count). The van der Waals surface area contributed by atoms with Gasteiger partial charge >= 0.3 is 0 Å². The van der Waals surface area contributed by atoms with Gasteiger partial charge in [-0.15, -0.1) is 11.3 Å². The Bertz CT molecular complexity index is 1190. The fourth-order valence-electron chi connectivity index (χ4n) is 4.19. The van der Waals surface area contributed by atoms with E-state index in [-0.39, 0.29) is 24.7 Å². The molecule has 3 aromatic carbocycles. The minimum atomic E-state index is -0.466. The summed E-state index contributed by atoms with van der Waals surface area (Å²) in [5.74, 6) is 0.925. The summed E-state index contributed by atoms with van der Waals surface area (Å²) in [4.78, 5) is 4.77. The summed E-state index contributed by atoms with van der Waals surface area (Å²) in [6.07, 6.45) is -0.611. The molecule has 0 saturated carbocycles. The molecule has 3 N–H and O–H groups in total. The fourth-order valence-corrected chi connectivity index (χ4v) is 6.44. The SMILES string of the molecule is C[C@H]1[C@@H](CSc2nc3ccccc3s2)O[C@@H](c2ccc(CN)cc2)O[C@H]1c1ccc(CO)cc1. The maximum Gasteiger partial charge on any atom is 0.184 e. The first-order chi connectivity index (χ1) is 16.6. The number of hydrogen-bond acceptors (Lipinski definition) is 7. The lowest BCUT2D eigenvalue weighted by Crippen LogP contribution is -2.38. The number of rotatable bonds is 7. The number of para-hydroxylation sites is 1. The maximum absolute atomic E-state index is 9.43. The Labute approximate surface area is 207 Å². The van der Waals surface area contributed by atoms with Gasteiger partial charge in [0.2, 0.25) is 0 Å². The molecule has 0 bridgehead atoms. The molecule has 0 radical (unpaired) electrons. The van der Waals surface area contributed by atoms with Gasteiger partial charge in [0.15, 0.2) is 10.6 Å². The van der Waals surface area contributed by atoms with Crippen molar-refractivity contribution in [2.45, 2.75) is 42.9 Å². The zero-order chi connectivity index (χ0) is 23.5. The topological polar surface area (TPSA) is 77.6 Å². The minimum Gasteiger partial charge on any atom is -0.392 e. The molecular weight excluding hydrogens is 464 g/mol. The van der Waals surface area contributed by atoms with Crippen molar-refractivity contribution in [3.8, 4) is 0 Å². The molecule has 1 saturated heterocycles. The highest BCUT2D eigenvalue weighted by Crippen LogP contribution is 2.43. The third-order valence-corrected chi connectivity index (χ3v) is 8.52. The van der Waals surface area contributed by atoms with Crippen molar-refractivity contribution < 1.29 is 14.6 Å². The number of fused-ring (bicyclic) bond motifs is 1. The lowest BCUT2D eigenvalue weighted by molar-refractivity contribution is -0.268. The molecule has 2 heterocycles. The summed E-state index contributed by atoms with van der Waals surface area (Å²) in [7, 11) is 0. The highest BCUT2D eigenvalue weighted by atomic mass is 32.2. The maximum atomic E-state index is 9.43. The number of hydrogen-bond donors (Lipinski definition) is 2. The average molecular weight is 493 g/mol. The quantitative estimate of drug-likeness (QED) is 0.316. The highest BCUT2D eigenvalue weighted by molar-refractivity contribution is 8.01. The highest BCUT2D eigenvalue weighted by Gasteiger charge is 2.38. The first kappa shape index (κ1) is 23.5. The van der Waals surface area contributed by atoms with Crippen molar-refractivity contribution in [3.05, 3.63) is 95.1 Å². The second-order valence-corrected chi connectivity index (χ2v) is 10.8. The number of thioether (sulfide) groups is 1. The first-order valence-electron chi connectivity index (χ1n) is 11.4. The second kappa shape index (κ2) is 10.6. The minimum absolute atomic E-state index is 0.0209. The molecule has 1 aliphatic rings. The number of aliphatic hydroxyl groups is 1. The van der Waals surface area contributed by atoms with Crippen LogP contribution in [0.4, 0.5) is 0 Å². The van der Waals surface area contributed by atoms with Gasteiger partial charge in [0.25, 0.3) is 0 Å². The van der Waals surface area contributed by atoms with Crippen molar-refractivity contribution in [2.24, 2.45) is 11.7 Å². The van der Waals surface area contributed by atoms with Crippen LogP contribution in [0.25, 0.3) is 10.2 Å². The molecule has 0 spiro atoms. The number of thiazole rings is 1. The van der Waals surface area contributed by atoms with E-state index in [0.717, 1.165) is 37.9 Å². The van der Waals surface area contributed by atoms with E-state index < -0.39 is 6.29 Å². The van der Waals surface area contributed by atoms with Crippen molar-refractivity contribution in [2.75, 3.05) is 5.75 Å². The van der Waals surface area contributed by atoms with E-state index in [2.05, 4.69) is 19.1 Å². The molecule has 34 heavy (non-hydrogen) atoms. The van der Waals surface area contributed by atoms with Crippen LogP contribution in [0.2, 0.25) is 0 Å². The fraction of sp³-hybridized carbons (Fsp3) is 0.296. The van der Waals surface area contributed by atoms with E-state index in [9.17, 15) is 5.11 Å². The molecule has 4 atom stereocenters. The molecule has 5 nitrogen and oxygen atoms in total. The van der Waals surface area contributed by atoms with E-state index >= 15 is 0 Å². The van der Waals surface area contributed by atoms with Crippen LogP contribution in [0.5, 0.6) is 0 Å². The summed E-state index contributed by atoms with van der Waals surface area (Å²) in [6, 6.07) is 24.3. The summed E-state index contributed by atoms with van der Waals surface area (Å²) < 4.78 is 15.3. The standard InChI is InChI=1S/C27H28N2O3S2/c1-17-23(16-33-27-29-22-4-2-3-5-24(22)34-27)31-26(21-12-6-18(14-28)7-13-21)32-25(17)20-10-8-19(15-30)9-11-20/h2-13,17,23,25-26,30H,14-16,28H2,1H3/t17-,23+,25+,26+/m0/s1. The molecule has 7 heteroatoms. The average Bonchev–Trinajstić information content (AvgIpc) is 3.31. The number of nitrogens with zero attached hydrogens (tertiary/aromatic N) is 1. The normalized spacial score (nSPS) is 22.8. The zero-order valence-electron chi connectivity index (χ0n) is 19.0. The summed E-state index contributed by atoms with van der Waals surface area (Å²) in [5, 5.41) is 9.43. The van der Waals surface area contributed by atoms with Gasteiger partial charge in [-0.1, -0.05) is 79.3 Å². The summed E-state index contributed by atoms with van der Waals surface area (Å²) in [6.45, 7) is 2.72. The summed E-state index contributed by atoms with van der Waals surface area (Å²) >= 11 is 3.46. The van der Waals surface area contributed by atoms with Gasteiger partial charge in [-0.2, -0.15) is 0 Å². The van der Waals surface area contributed by atoms with E-state index in [1.807, 2.05) is 60.7 Å². The predicted octanol–water partition coefficient (Wildman–Crippen LogP) is 5.83. The van der Waals surface area contributed by atoms with E-state index in [1.165, 1.54) is 4.70 Å². The van der Waals surface area contributed by atoms with Crippen LogP contribution >= 0.6 is 23.1 Å². The Morgan fingerprint density at radius 2 is 1.65 bits per heavy atom. The lowest BCUT2D eigenvalue weighted by Gasteiger charge is -2.41. The zero-order valence-corrected chi connectivity index (χ0v) is 20.6. The lowest BCUT2D eigenvalue weighted by atomic mass is 9.91. The van der Waals surface area contributed by atoms with Gasteiger partial charge in [-0.3, -0.25) is 0 Å². The van der Waals surface area contributed by atoms with Crippen LogP contribution in [0.1, 0.15) is 41.6 Å². The van der Waals surface area contributed by atoms with Gasteiger partial charge in [0, 0.05) is 23.8 Å². The molecule has 1 aliphatic heterocycles. The van der Waals surface area contributed by atoms with Crippen LogP contribution in [-0.4, -0.2) is 21.9 Å². The van der Waals surface area contributed by atoms with Crippen molar-refractivity contribution in [3.63, 3.8) is 0 Å². The Kier molecular flexibility index (Phi) is 7.29. The largest absolute Gasteiger partial charge is 0.392 e. The molecular formula is C27H28N2O3S2. The van der Waals surface area contributed by atoms with Crippen LogP contribution in [-0.2, 0) is 22.6 Å². The van der Waals surface area contributed by atoms with Crippen molar-refractivity contribution in [1.29, 1.82) is 0 Å². The van der Waals surface area contributed by atoms with Crippen LogP contribution in [0.15, 0.2) is 77.1 Å². The molecule has 1 aromatic heterocycles. The number of aliphatic hydroxyl groups excluding tert-OH is 1. The van der Waals surface area contributed by atoms with Crippen LogP contribution < -0.4 is 5.73 Å². The van der Waals surface area contributed by atoms with Crippen molar-refractivity contribution in [1.82, 2.24) is 4.98 Å². The number of aromatic nitrogens is 1. The first-order valence-corrected chi connectivity index (χ1v) is 13.2. The van der Waals surface area contributed by atoms with E-state index in [4.69, 9.17) is 20.2 Å². The molecule has 0 unspecified atom stereocenters. The van der Waals surface area contributed by atoms with E-state index in [1.54, 1.807) is 23.1 Å². The third kappa shape index (κ3) is 5.05. The Morgan fingerprint density at radius 1 is 0.941 bits per heavy atom. The smallest absolute Gasteiger partial charge is 0.184 e. The second-order valence-electron chi connectivity index (χ2n) is 8.53. The Balaban J connectivity index is 1.39. The molecule has 1 fully saturated rings. The summed E-state index contributed by atoms with van der Waals surface area (Å²) in [5.41, 5.74) is 10.8. The third-order valence-electron chi connectivity index (χ3n) is 6.26. The molecule has 0 aliphatic carbocycles. The van der Waals surface area contributed by atoms with Gasteiger partial charge in [0.1, 0.15) is 0 Å². The predicted molar refractivity (Wildman–Crippen MR) is 138 cm³/mol. The molecule has 0 amide bonds. The number of nitrogens with two attached hydrogens (primary N) is 1. The molecule has 176 valence electrons. The molecule has 4 aromatic rings. The van der Waals surface area contributed by atoms with Gasteiger partial charge in [-0.05, 0) is 28.8 Å². The van der Waals surface area contributed by atoms with E-state index in [0.29, 0.717) is 6.54 Å². The van der Waals surface area contributed by atoms with Gasteiger partial charge in [0.05, 0.1) is 29.0 Å². The monoisotopic (exact) mass is 492 g/mol. The van der Waals surface area contributed by atoms with Crippen LogP contribution in [0, 0.1) is 5.92 Å². The van der Waals surface area contributed by atoms with Crippen molar-refractivity contribution >= 4 is 33.3 Å². The number of benzene rings is 3. The Hall–Kier alpha value is -2.26. The Morgan fingerprint density at radius 3 is 2.35 bits per heavy atom. The number of ether oxygens (including phenoxy) is 2. The van der Waals surface area contributed by atoms with Gasteiger partial charge in [-0.25, -0.2) is 4.98 Å². The van der Waals surface area contributed by atoms with Crippen LogP contribution in [0.3, 0.4) is 0 Å².